The van der Waals surface area contributed by atoms with E-state index in [1.807, 2.05) is 12.4 Å². The summed E-state index contributed by atoms with van der Waals surface area (Å²) >= 11 is 0. The van der Waals surface area contributed by atoms with E-state index >= 15 is 0 Å². The number of rotatable bonds is 2. The lowest BCUT2D eigenvalue weighted by atomic mass is 9.83. The molecule has 1 saturated carbocycles. The van der Waals surface area contributed by atoms with Gasteiger partial charge in [0.25, 0.3) is 0 Å². The molecule has 0 aromatic carbocycles. The lowest BCUT2D eigenvalue weighted by molar-refractivity contribution is 0.277. The fourth-order valence-electron chi connectivity index (χ4n) is 3.81. The van der Waals surface area contributed by atoms with Crippen molar-refractivity contribution in [2.75, 3.05) is 24.5 Å². The fraction of sp³-hybridized carbons (Fsp3) is 0.706. The molecule has 1 unspecified atom stereocenters. The molecule has 0 bridgehead atoms. The number of aromatic nitrogens is 1. The highest BCUT2D eigenvalue weighted by Gasteiger charge is 2.27. The van der Waals surface area contributed by atoms with Gasteiger partial charge in [0, 0.05) is 25.3 Å². The molecule has 1 saturated heterocycles. The SMILES string of the molecule is Cc1ccncc1N1CCCNC(C2CCCCC2)C1. The van der Waals surface area contributed by atoms with Gasteiger partial charge in [-0.1, -0.05) is 19.3 Å². The summed E-state index contributed by atoms with van der Waals surface area (Å²) in [5, 5.41) is 3.81. The summed E-state index contributed by atoms with van der Waals surface area (Å²) < 4.78 is 0. The predicted octanol–water partition coefficient (Wildman–Crippen LogP) is 3.14. The van der Waals surface area contributed by atoms with Gasteiger partial charge < -0.3 is 10.2 Å². The first-order valence-electron chi connectivity index (χ1n) is 8.23. The minimum absolute atomic E-state index is 0.664. The molecule has 1 N–H and O–H groups in total. The Bertz CT molecular complexity index is 426. The van der Waals surface area contributed by atoms with Crippen LogP contribution < -0.4 is 10.2 Å². The van der Waals surface area contributed by atoms with Gasteiger partial charge in [-0.2, -0.15) is 0 Å². The summed E-state index contributed by atoms with van der Waals surface area (Å²) in [6.45, 7) is 5.67. The van der Waals surface area contributed by atoms with E-state index in [1.165, 1.54) is 49.8 Å². The number of hydrogen-bond donors (Lipinski definition) is 1. The molecule has 1 atom stereocenters. The van der Waals surface area contributed by atoms with Crippen molar-refractivity contribution in [3.05, 3.63) is 24.0 Å². The van der Waals surface area contributed by atoms with Gasteiger partial charge in [0.2, 0.25) is 0 Å². The standard InChI is InChI=1S/C17H27N3/c1-14-8-10-18-12-17(14)20-11-5-9-19-16(13-20)15-6-3-2-4-7-15/h8,10,12,15-16,19H,2-7,9,11,13H2,1H3. The molecular formula is C17H27N3. The molecule has 3 heteroatoms. The van der Waals surface area contributed by atoms with Gasteiger partial charge in [0.1, 0.15) is 0 Å². The molecule has 0 radical (unpaired) electrons. The van der Waals surface area contributed by atoms with Crippen molar-refractivity contribution in [2.45, 2.75) is 51.5 Å². The van der Waals surface area contributed by atoms with Crippen LogP contribution in [-0.4, -0.2) is 30.7 Å². The number of anilines is 1. The van der Waals surface area contributed by atoms with E-state index in [9.17, 15) is 0 Å². The molecule has 1 aromatic rings. The number of pyridine rings is 1. The monoisotopic (exact) mass is 273 g/mol. The molecule has 110 valence electrons. The van der Waals surface area contributed by atoms with Crippen LogP contribution in [-0.2, 0) is 0 Å². The van der Waals surface area contributed by atoms with Crippen LogP contribution in [0, 0.1) is 12.8 Å². The van der Waals surface area contributed by atoms with E-state index < -0.39 is 0 Å². The second-order valence-electron chi connectivity index (χ2n) is 6.42. The third-order valence-corrected chi connectivity index (χ3v) is 5.00. The van der Waals surface area contributed by atoms with Crippen molar-refractivity contribution in [1.82, 2.24) is 10.3 Å². The van der Waals surface area contributed by atoms with E-state index in [4.69, 9.17) is 0 Å². The summed E-state index contributed by atoms with van der Waals surface area (Å²) in [4.78, 5) is 6.88. The average Bonchev–Trinajstić information content (AvgIpc) is 2.75. The second-order valence-corrected chi connectivity index (χ2v) is 6.42. The first-order chi connectivity index (χ1) is 9.84. The second kappa shape index (κ2) is 6.57. The molecular weight excluding hydrogens is 246 g/mol. The molecule has 3 rings (SSSR count). The maximum atomic E-state index is 4.33. The topological polar surface area (TPSA) is 28.2 Å². The van der Waals surface area contributed by atoms with Crippen molar-refractivity contribution in [1.29, 1.82) is 0 Å². The van der Waals surface area contributed by atoms with Gasteiger partial charge in [-0.3, -0.25) is 4.98 Å². The molecule has 1 aliphatic heterocycles. The van der Waals surface area contributed by atoms with Gasteiger partial charge in [-0.25, -0.2) is 0 Å². The van der Waals surface area contributed by atoms with E-state index in [2.05, 4.69) is 28.2 Å². The van der Waals surface area contributed by atoms with Crippen molar-refractivity contribution < 1.29 is 0 Å². The molecule has 0 spiro atoms. The number of nitrogens with one attached hydrogen (secondary N) is 1. The van der Waals surface area contributed by atoms with Gasteiger partial charge in [-0.15, -0.1) is 0 Å². The van der Waals surface area contributed by atoms with Crippen LogP contribution in [0.15, 0.2) is 18.5 Å². The zero-order valence-electron chi connectivity index (χ0n) is 12.6. The van der Waals surface area contributed by atoms with Crippen LogP contribution in [0.3, 0.4) is 0 Å². The largest absolute Gasteiger partial charge is 0.368 e. The lowest BCUT2D eigenvalue weighted by Gasteiger charge is -2.34. The molecule has 3 nitrogen and oxygen atoms in total. The van der Waals surface area contributed by atoms with Gasteiger partial charge in [0.15, 0.2) is 0 Å². The van der Waals surface area contributed by atoms with E-state index in [1.54, 1.807) is 0 Å². The zero-order chi connectivity index (χ0) is 13.8. The Labute approximate surface area is 122 Å². The molecule has 2 aliphatic rings. The Hall–Kier alpha value is -1.09. The van der Waals surface area contributed by atoms with Crippen LogP contribution in [0.4, 0.5) is 5.69 Å². The van der Waals surface area contributed by atoms with E-state index in [-0.39, 0.29) is 0 Å². The van der Waals surface area contributed by atoms with Crippen LogP contribution in [0.25, 0.3) is 0 Å². The molecule has 0 amide bonds. The van der Waals surface area contributed by atoms with Crippen molar-refractivity contribution >= 4 is 5.69 Å². The minimum atomic E-state index is 0.664. The summed E-state index contributed by atoms with van der Waals surface area (Å²) in [6, 6.07) is 2.79. The highest BCUT2D eigenvalue weighted by Crippen LogP contribution is 2.29. The van der Waals surface area contributed by atoms with Crippen LogP contribution >= 0.6 is 0 Å². The first-order valence-corrected chi connectivity index (χ1v) is 8.23. The Morgan fingerprint density at radius 1 is 1.20 bits per heavy atom. The molecule has 1 aliphatic carbocycles. The van der Waals surface area contributed by atoms with Crippen molar-refractivity contribution in [3.63, 3.8) is 0 Å². The number of aryl methyl sites for hydroxylation is 1. The maximum Gasteiger partial charge on any atom is 0.0582 e. The lowest BCUT2D eigenvalue weighted by Crippen LogP contribution is -2.44. The quantitative estimate of drug-likeness (QED) is 0.897. The summed E-state index contributed by atoms with van der Waals surface area (Å²) in [7, 11) is 0. The predicted molar refractivity (Wildman–Crippen MR) is 84.2 cm³/mol. The number of hydrogen-bond acceptors (Lipinski definition) is 3. The fourth-order valence-corrected chi connectivity index (χ4v) is 3.81. The Kier molecular flexibility index (Phi) is 4.56. The minimum Gasteiger partial charge on any atom is -0.368 e. The number of nitrogens with zero attached hydrogens (tertiary/aromatic N) is 2. The van der Waals surface area contributed by atoms with Gasteiger partial charge >= 0.3 is 0 Å². The van der Waals surface area contributed by atoms with E-state index in [0.717, 1.165) is 25.6 Å². The third-order valence-electron chi connectivity index (χ3n) is 5.00. The van der Waals surface area contributed by atoms with Gasteiger partial charge in [0.05, 0.1) is 11.9 Å². The molecule has 2 fully saturated rings. The Morgan fingerprint density at radius 3 is 2.85 bits per heavy atom. The molecule has 2 heterocycles. The summed E-state index contributed by atoms with van der Waals surface area (Å²) in [5.74, 6) is 0.876. The highest BCUT2D eigenvalue weighted by atomic mass is 15.2. The Morgan fingerprint density at radius 2 is 2.05 bits per heavy atom. The van der Waals surface area contributed by atoms with Crippen molar-refractivity contribution in [2.24, 2.45) is 5.92 Å². The summed E-state index contributed by atoms with van der Waals surface area (Å²) in [5.41, 5.74) is 2.68. The van der Waals surface area contributed by atoms with Crippen LogP contribution in [0.2, 0.25) is 0 Å². The maximum absolute atomic E-state index is 4.33. The van der Waals surface area contributed by atoms with Crippen molar-refractivity contribution in [3.8, 4) is 0 Å². The summed E-state index contributed by atoms with van der Waals surface area (Å²) in [6.07, 6.45) is 12.3. The smallest absolute Gasteiger partial charge is 0.0582 e. The first kappa shape index (κ1) is 13.9. The zero-order valence-corrected chi connectivity index (χ0v) is 12.6. The highest BCUT2D eigenvalue weighted by molar-refractivity contribution is 5.51. The Balaban J connectivity index is 1.73. The van der Waals surface area contributed by atoms with E-state index in [0.29, 0.717) is 6.04 Å². The van der Waals surface area contributed by atoms with Crippen LogP contribution in [0.1, 0.15) is 44.1 Å². The van der Waals surface area contributed by atoms with Crippen LogP contribution in [0.5, 0.6) is 0 Å². The average molecular weight is 273 g/mol. The van der Waals surface area contributed by atoms with Gasteiger partial charge in [-0.05, 0) is 50.3 Å². The molecule has 1 aromatic heterocycles. The molecule has 20 heavy (non-hydrogen) atoms. The normalized spacial score (nSPS) is 25.4. The third kappa shape index (κ3) is 3.14.